The van der Waals surface area contributed by atoms with E-state index in [0.29, 0.717) is 0 Å². The molecule has 2 rings (SSSR count). The number of nitrogens with zero attached hydrogens (tertiary/aromatic N) is 1. The molecule has 1 aliphatic heterocycles. The van der Waals surface area contributed by atoms with Crippen LogP contribution >= 0.6 is 0 Å². The predicted molar refractivity (Wildman–Crippen MR) is 75.6 cm³/mol. The highest BCUT2D eigenvalue weighted by atomic mass is 16.5. The maximum absolute atomic E-state index is 6.11. The Morgan fingerprint density at radius 1 is 1.37 bits per heavy atom. The van der Waals surface area contributed by atoms with Gasteiger partial charge in [0.05, 0.1) is 13.2 Å². The van der Waals surface area contributed by atoms with Gasteiger partial charge in [-0.25, -0.2) is 4.98 Å². The Morgan fingerprint density at radius 3 is 2.79 bits per heavy atom. The first-order chi connectivity index (χ1) is 9.20. The zero-order valence-electron chi connectivity index (χ0n) is 12.2. The minimum Gasteiger partial charge on any atom is -0.474 e. The highest BCUT2D eigenvalue weighted by molar-refractivity contribution is 5.36. The minimum atomic E-state index is 0.239. The van der Waals surface area contributed by atoms with Crippen molar-refractivity contribution in [3.05, 3.63) is 22.9 Å². The molecular weight excluding hydrogens is 240 g/mol. The molecular formula is C15H24N2O2. The van der Waals surface area contributed by atoms with Crippen LogP contribution in [0.2, 0.25) is 0 Å². The Kier molecular flexibility index (Phi) is 5.16. The maximum atomic E-state index is 6.11. The molecule has 1 aromatic heterocycles. The summed E-state index contributed by atoms with van der Waals surface area (Å²) in [5.74, 6) is 0.797. The first-order valence-corrected chi connectivity index (χ1v) is 7.13. The van der Waals surface area contributed by atoms with E-state index in [9.17, 15) is 0 Å². The van der Waals surface area contributed by atoms with Gasteiger partial charge < -0.3 is 14.8 Å². The summed E-state index contributed by atoms with van der Waals surface area (Å²) in [7, 11) is 0. The van der Waals surface area contributed by atoms with E-state index in [1.165, 1.54) is 11.1 Å². The van der Waals surface area contributed by atoms with Gasteiger partial charge in [0.15, 0.2) is 0 Å². The lowest BCUT2D eigenvalue weighted by Crippen LogP contribution is -2.27. The van der Waals surface area contributed by atoms with Crippen molar-refractivity contribution in [2.24, 2.45) is 0 Å². The molecule has 1 saturated heterocycles. The molecule has 2 heterocycles. The third-order valence-corrected chi connectivity index (χ3v) is 3.44. The number of ether oxygens (including phenoxy) is 2. The Morgan fingerprint density at radius 2 is 2.11 bits per heavy atom. The van der Waals surface area contributed by atoms with Crippen LogP contribution < -0.4 is 10.1 Å². The van der Waals surface area contributed by atoms with Crippen LogP contribution in [0.25, 0.3) is 0 Å². The number of hydrogen-bond acceptors (Lipinski definition) is 4. The average Bonchev–Trinajstić information content (AvgIpc) is 2.39. The van der Waals surface area contributed by atoms with Crippen molar-refractivity contribution in [2.75, 3.05) is 19.8 Å². The van der Waals surface area contributed by atoms with E-state index in [-0.39, 0.29) is 6.10 Å². The average molecular weight is 264 g/mol. The summed E-state index contributed by atoms with van der Waals surface area (Å²) in [6.07, 6.45) is 2.15. The molecule has 0 spiro atoms. The molecule has 0 atom stereocenters. The van der Waals surface area contributed by atoms with Crippen molar-refractivity contribution in [1.82, 2.24) is 10.3 Å². The van der Waals surface area contributed by atoms with Gasteiger partial charge in [0.25, 0.3) is 0 Å². The summed E-state index contributed by atoms with van der Waals surface area (Å²) in [6.45, 7) is 9.59. The van der Waals surface area contributed by atoms with Crippen molar-refractivity contribution < 1.29 is 9.47 Å². The third-order valence-electron chi connectivity index (χ3n) is 3.44. The van der Waals surface area contributed by atoms with E-state index in [4.69, 9.17) is 9.47 Å². The molecule has 0 unspecified atom stereocenters. The van der Waals surface area contributed by atoms with Crippen LogP contribution in [-0.4, -0.2) is 30.8 Å². The van der Waals surface area contributed by atoms with E-state index in [1.54, 1.807) is 0 Å². The molecule has 19 heavy (non-hydrogen) atoms. The van der Waals surface area contributed by atoms with Crippen LogP contribution in [0.15, 0.2) is 6.07 Å². The maximum Gasteiger partial charge on any atom is 0.218 e. The molecule has 1 aromatic rings. The summed E-state index contributed by atoms with van der Waals surface area (Å²) in [6, 6.07) is 2.11. The van der Waals surface area contributed by atoms with Gasteiger partial charge in [-0.15, -0.1) is 0 Å². The summed E-state index contributed by atoms with van der Waals surface area (Å²) in [5.41, 5.74) is 3.44. The molecule has 0 aromatic carbocycles. The summed E-state index contributed by atoms with van der Waals surface area (Å²) in [4.78, 5) is 4.58. The van der Waals surface area contributed by atoms with Gasteiger partial charge in [0, 0.05) is 30.6 Å². The minimum absolute atomic E-state index is 0.239. The largest absolute Gasteiger partial charge is 0.474 e. The number of nitrogens with one attached hydrogen (secondary N) is 1. The van der Waals surface area contributed by atoms with Crippen molar-refractivity contribution in [3.8, 4) is 5.88 Å². The zero-order valence-corrected chi connectivity index (χ0v) is 12.2. The molecule has 0 bridgehead atoms. The molecule has 106 valence electrons. The van der Waals surface area contributed by atoms with E-state index >= 15 is 0 Å². The highest BCUT2D eigenvalue weighted by Crippen LogP contribution is 2.24. The second-order valence-corrected chi connectivity index (χ2v) is 5.07. The van der Waals surface area contributed by atoms with Crippen LogP contribution in [-0.2, 0) is 11.3 Å². The second-order valence-electron chi connectivity index (χ2n) is 5.07. The van der Waals surface area contributed by atoms with E-state index in [1.807, 2.05) is 6.92 Å². The molecule has 0 amide bonds. The van der Waals surface area contributed by atoms with Crippen LogP contribution in [0.4, 0.5) is 0 Å². The molecule has 0 radical (unpaired) electrons. The van der Waals surface area contributed by atoms with E-state index in [2.05, 4.69) is 30.2 Å². The number of rotatable bonds is 5. The first-order valence-electron chi connectivity index (χ1n) is 7.13. The predicted octanol–water partition coefficient (Wildman–Crippen LogP) is 2.37. The van der Waals surface area contributed by atoms with Gasteiger partial charge in [0.1, 0.15) is 6.10 Å². The van der Waals surface area contributed by atoms with Gasteiger partial charge >= 0.3 is 0 Å². The van der Waals surface area contributed by atoms with Crippen molar-refractivity contribution in [1.29, 1.82) is 0 Å². The Bertz CT molecular complexity index is 415. The van der Waals surface area contributed by atoms with Crippen LogP contribution in [0.1, 0.15) is 36.6 Å². The lowest BCUT2D eigenvalue weighted by molar-refractivity contribution is 0.0232. The van der Waals surface area contributed by atoms with E-state index in [0.717, 1.165) is 50.7 Å². The van der Waals surface area contributed by atoms with Gasteiger partial charge in [-0.2, -0.15) is 0 Å². The summed E-state index contributed by atoms with van der Waals surface area (Å²) >= 11 is 0. The lowest BCUT2D eigenvalue weighted by Gasteiger charge is -2.24. The second kappa shape index (κ2) is 6.87. The fraction of sp³-hybridized carbons (Fsp3) is 0.667. The number of hydrogen-bond donors (Lipinski definition) is 1. The standard InChI is InChI=1S/C15H24N2O2/c1-4-16-10-14-11(2)9-12(3)17-15(14)19-13-5-7-18-8-6-13/h9,13,16H,4-8,10H2,1-3H3. The molecule has 1 fully saturated rings. The molecule has 0 aliphatic carbocycles. The van der Waals surface area contributed by atoms with Crippen LogP contribution in [0, 0.1) is 13.8 Å². The molecule has 4 heteroatoms. The van der Waals surface area contributed by atoms with Gasteiger partial charge in [-0.1, -0.05) is 6.92 Å². The fourth-order valence-corrected chi connectivity index (χ4v) is 2.34. The fourth-order valence-electron chi connectivity index (χ4n) is 2.34. The smallest absolute Gasteiger partial charge is 0.218 e. The quantitative estimate of drug-likeness (QED) is 0.886. The first kappa shape index (κ1) is 14.3. The van der Waals surface area contributed by atoms with Crippen molar-refractivity contribution in [2.45, 2.75) is 46.3 Å². The van der Waals surface area contributed by atoms with Gasteiger partial charge in [-0.05, 0) is 32.0 Å². The zero-order chi connectivity index (χ0) is 13.7. The summed E-state index contributed by atoms with van der Waals surface area (Å²) < 4.78 is 11.5. The number of pyridine rings is 1. The van der Waals surface area contributed by atoms with Crippen LogP contribution in [0.5, 0.6) is 5.88 Å². The molecule has 4 nitrogen and oxygen atoms in total. The normalized spacial score (nSPS) is 16.6. The van der Waals surface area contributed by atoms with Crippen molar-refractivity contribution in [3.63, 3.8) is 0 Å². The molecule has 0 saturated carbocycles. The molecule has 1 aliphatic rings. The van der Waals surface area contributed by atoms with Crippen molar-refractivity contribution >= 4 is 0 Å². The molecule has 1 N–H and O–H groups in total. The number of aryl methyl sites for hydroxylation is 2. The SMILES string of the molecule is CCNCc1c(C)cc(C)nc1OC1CCOCC1. The topological polar surface area (TPSA) is 43.4 Å². The Hall–Kier alpha value is -1.13. The van der Waals surface area contributed by atoms with Crippen LogP contribution in [0.3, 0.4) is 0 Å². The lowest BCUT2D eigenvalue weighted by atomic mass is 10.1. The number of aromatic nitrogens is 1. The summed E-state index contributed by atoms with van der Waals surface area (Å²) in [5, 5.41) is 3.36. The Balaban J connectivity index is 2.15. The monoisotopic (exact) mass is 264 g/mol. The van der Waals surface area contributed by atoms with E-state index < -0.39 is 0 Å². The highest BCUT2D eigenvalue weighted by Gasteiger charge is 2.18. The Labute approximate surface area is 115 Å². The van der Waals surface area contributed by atoms with Gasteiger partial charge in [-0.3, -0.25) is 0 Å². The van der Waals surface area contributed by atoms with Gasteiger partial charge in [0.2, 0.25) is 5.88 Å². The third kappa shape index (κ3) is 3.91.